The van der Waals surface area contributed by atoms with Gasteiger partial charge in [-0.3, -0.25) is 4.98 Å². The van der Waals surface area contributed by atoms with Crippen LogP contribution in [0.1, 0.15) is 19.5 Å². The fraction of sp³-hybridized carbons (Fsp3) is 0.545. The highest BCUT2D eigenvalue weighted by Crippen LogP contribution is 2.12. The zero-order valence-corrected chi connectivity index (χ0v) is 9.12. The van der Waals surface area contributed by atoms with Crippen LogP contribution in [0.4, 0.5) is 5.69 Å². The molecule has 0 fully saturated rings. The minimum absolute atomic E-state index is 0.330. The largest absolute Gasteiger partial charge is 0.381 e. The molecule has 1 unspecified atom stereocenters. The molecular formula is C11H19N3. The van der Waals surface area contributed by atoms with Gasteiger partial charge in [-0.25, -0.2) is 0 Å². The highest BCUT2D eigenvalue weighted by Gasteiger charge is 2.10. The lowest BCUT2D eigenvalue weighted by Crippen LogP contribution is -2.33. The molecule has 78 valence electrons. The third kappa shape index (κ3) is 3.00. The molecule has 0 aromatic carbocycles. The van der Waals surface area contributed by atoms with E-state index in [4.69, 9.17) is 5.73 Å². The number of nitrogens with two attached hydrogens (primary N) is 1. The Hall–Kier alpha value is -1.09. The van der Waals surface area contributed by atoms with Crippen LogP contribution in [0.5, 0.6) is 0 Å². The summed E-state index contributed by atoms with van der Waals surface area (Å²) in [4.78, 5) is 4.15. The molecule has 0 amide bonds. The molecule has 0 spiro atoms. The number of aryl methyl sites for hydroxylation is 1. The highest BCUT2D eigenvalue weighted by atomic mass is 14.9. The Balaban J connectivity index is 2.67. The molecule has 1 heterocycles. The molecule has 0 aliphatic heterocycles. The van der Waals surface area contributed by atoms with Gasteiger partial charge in [0.1, 0.15) is 0 Å². The van der Waals surface area contributed by atoms with E-state index < -0.39 is 0 Å². The van der Waals surface area contributed by atoms with Crippen LogP contribution in [0, 0.1) is 12.8 Å². The van der Waals surface area contributed by atoms with Crippen LogP contribution in [0.3, 0.4) is 0 Å². The van der Waals surface area contributed by atoms with E-state index in [1.807, 2.05) is 25.3 Å². The first-order valence-corrected chi connectivity index (χ1v) is 5.02. The molecule has 0 saturated heterocycles. The molecule has 0 radical (unpaired) electrons. The Morgan fingerprint density at radius 1 is 1.50 bits per heavy atom. The van der Waals surface area contributed by atoms with E-state index in [1.165, 1.54) is 0 Å². The number of pyridine rings is 1. The number of nitrogens with one attached hydrogen (secondary N) is 1. The van der Waals surface area contributed by atoms with E-state index >= 15 is 0 Å². The molecule has 3 heteroatoms. The molecule has 0 aliphatic carbocycles. The van der Waals surface area contributed by atoms with E-state index in [-0.39, 0.29) is 0 Å². The molecule has 14 heavy (non-hydrogen) atoms. The minimum Gasteiger partial charge on any atom is -0.381 e. The third-order valence-corrected chi connectivity index (χ3v) is 2.31. The van der Waals surface area contributed by atoms with E-state index in [1.54, 1.807) is 0 Å². The number of hydrogen-bond donors (Lipinski definition) is 2. The van der Waals surface area contributed by atoms with Gasteiger partial charge in [0.25, 0.3) is 0 Å². The number of aromatic nitrogens is 1. The van der Waals surface area contributed by atoms with Crippen molar-refractivity contribution in [3.05, 3.63) is 24.0 Å². The summed E-state index contributed by atoms with van der Waals surface area (Å²) in [6, 6.07) is 4.33. The second-order valence-electron chi connectivity index (χ2n) is 3.92. The summed E-state index contributed by atoms with van der Waals surface area (Å²) < 4.78 is 0. The van der Waals surface area contributed by atoms with Gasteiger partial charge < -0.3 is 11.1 Å². The lowest BCUT2D eigenvalue weighted by molar-refractivity contribution is 0.531. The predicted octanol–water partition coefficient (Wildman–Crippen LogP) is 1.79. The van der Waals surface area contributed by atoms with Crippen molar-refractivity contribution in [2.24, 2.45) is 11.7 Å². The van der Waals surface area contributed by atoms with Crippen LogP contribution >= 0.6 is 0 Å². The first kappa shape index (κ1) is 11.0. The molecule has 1 aromatic rings. The maximum absolute atomic E-state index is 5.68. The second-order valence-corrected chi connectivity index (χ2v) is 3.92. The average molecular weight is 193 g/mol. The Kier molecular flexibility index (Phi) is 3.89. The standard InChI is InChI=1S/C11H19N3/c1-8(2)11(7-12)14-10-4-5-13-9(3)6-10/h4-6,8,11H,7,12H2,1-3H3,(H,13,14). The lowest BCUT2D eigenvalue weighted by Gasteiger charge is -2.21. The fourth-order valence-electron chi connectivity index (χ4n) is 1.35. The van der Waals surface area contributed by atoms with Crippen molar-refractivity contribution in [3.8, 4) is 0 Å². The molecule has 0 bridgehead atoms. The van der Waals surface area contributed by atoms with E-state index in [0.29, 0.717) is 18.5 Å². The van der Waals surface area contributed by atoms with Crippen LogP contribution < -0.4 is 11.1 Å². The summed E-state index contributed by atoms with van der Waals surface area (Å²) in [5, 5.41) is 3.40. The van der Waals surface area contributed by atoms with Crippen LogP contribution in [0.2, 0.25) is 0 Å². The average Bonchev–Trinajstić information content (AvgIpc) is 2.14. The summed E-state index contributed by atoms with van der Waals surface area (Å²) in [6.07, 6.45) is 1.81. The van der Waals surface area contributed by atoms with Gasteiger partial charge in [-0.1, -0.05) is 13.8 Å². The Labute approximate surface area is 85.7 Å². The molecule has 0 aliphatic rings. The van der Waals surface area contributed by atoms with Crippen molar-refractivity contribution in [1.82, 2.24) is 4.98 Å². The quantitative estimate of drug-likeness (QED) is 0.766. The SMILES string of the molecule is Cc1cc(NC(CN)C(C)C)ccn1. The van der Waals surface area contributed by atoms with Gasteiger partial charge in [0.15, 0.2) is 0 Å². The van der Waals surface area contributed by atoms with Gasteiger partial charge in [-0.15, -0.1) is 0 Å². The van der Waals surface area contributed by atoms with Crippen LogP contribution in [0.15, 0.2) is 18.3 Å². The number of anilines is 1. The molecule has 1 atom stereocenters. The summed E-state index contributed by atoms with van der Waals surface area (Å²) in [6.45, 7) is 6.97. The fourth-order valence-corrected chi connectivity index (χ4v) is 1.35. The summed E-state index contributed by atoms with van der Waals surface area (Å²) in [7, 11) is 0. The van der Waals surface area contributed by atoms with Crippen molar-refractivity contribution < 1.29 is 0 Å². The Morgan fingerprint density at radius 3 is 2.71 bits per heavy atom. The third-order valence-electron chi connectivity index (χ3n) is 2.31. The van der Waals surface area contributed by atoms with E-state index in [2.05, 4.69) is 24.1 Å². The number of rotatable bonds is 4. The summed E-state index contributed by atoms with van der Waals surface area (Å²) in [5.74, 6) is 0.536. The van der Waals surface area contributed by atoms with Crippen LogP contribution in [-0.4, -0.2) is 17.6 Å². The van der Waals surface area contributed by atoms with Gasteiger partial charge >= 0.3 is 0 Å². The van der Waals surface area contributed by atoms with Gasteiger partial charge in [-0.2, -0.15) is 0 Å². The maximum atomic E-state index is 5.68. The van der Waals surface area contributed by atoms with Crippen molar-refractivity contribution >= 4 is 5.69 Å². The molecular weight excluding hydrogens is 174 g/mol. The summed E-state index contributed by atoms with van der Waals surface area (Å²) in [5.41, 5.74) is 7.80. The molecule has 3 N–H and O–H groups in total. The topological polar surface area (TPSA) is 50.9 Å². The monoisotopic (exact) mass is 193 g/mol. The minimum atomic E-state index is 0.330. The Bertz CT molecular complexity index is 284. The van der Waals surface area contributed by atoms with Gasteiger partial charge in [0.2, 0.25) is 0 Å². The first-order valence-electron chi connectivity index (χ1n) is 5.02. The van der Waals surface area contributed by atoms with Gasteiger partial charge in [-0.05, 0) is 25.0 Å². The first-order chi connectivity index (χ1) is 6.63. The van der Waals surface area contributed by atoms with E-state index in [9.17, 15) is 0 Å². The summed E-state index contributed by atoms with van der Waals surface area (Å²) >= 11 is 0. The van der Waals surface area contributed by atoms with Crippen LogP contribution in [0.25, 0.3) is 0 Å². The number of nitrogens with zero attached hydrogens (tertiary/aromatic N) is 1. The smallest absolute Gasteiger partial charge is 0.0406 e. The van der Waals surface area contributed by atoms with Crippen molar-refractivity contribution in [3.63, 3.8) is 0 Å². The molecule has 3 nitrogen and oxygen atoms in total. The number of hydrogen-bond acceptors (Lipinski definition) is 3. The lowest BCUT2D eigenvalue weighted by atomic mass is 10.0. The van der Waals surface area contributed by atoms with Gasteiger partial charge in [0, 0.05) is 30.2 Å². The zero-order chi connectivity index (χ0) is 10.6. The molecule has 1 rings (SSSR count). The normalized spacial score (nSPS) is 12.9. The molecule has 0 saturated carbocycles. The van der Waals surface area contributed by atoms with Crippen molar-refractivity contribution in [2.75, 3.05) is 11.9 Å². The zero-order valence-electron chi connectivity index (χ0n) is 9.12. The van der Waals surface area contributed by atoms with Gasteiger partial charge in [0.05, 0.1) is 0 Å². The van der Waals surface area contributed by atoms with E-state index in [0.717, 1.165) is 11.4 Å². The highest BCUT2D eigenvalue weighted by molar-refractivity contribution is 5.44. The van der Waals surface area contributed by atoms with Crippen molar-refractivity contribution in [1.29, 1.82) is 0 Å². The van der Waals surface area contributed by atoms with Crippen molar-refractivity contribution in [2.45, 2.75) is 26.8 Å². The van der Waals surface area contributed by atoms with Crippen LogP contribution in [-0.2, 0) is 0 Å². The predicted molar refractivity (Wildman–Crippen MR) is 60.3 cm³/mol. The Morgan fingerprint density at radius 2 is 2.21 bits per heavy atom. The second kappa shape index (κ2) is 4.96. The maximum Gasteiger partial charge on any atom is 0.0406 e. The molecule has 1 aromatic heterocycles.